The summed E-state index contributed by atoms with van der Waals surface area (Å²) in [6, 6.07) is 16.1. The molecule has 0 radical (unpaired) electrons. The van der Waals surface area contributed by atoms with Crippen molar-refractivity contribution in [2.75, 3.05) is 24.4 Å². The number of nitrogens with one attached hydrogen (secondary N) is 2. The Labute approximate surface area is 157 Å². The van der Waals surface area contributed by atoms with Gasteiger partial charge in [0.15, 0.2) is 0 Å². The number of carbonyl (C=O) groups excluding carboxylic acids is 1. The van der Waals surface area contributed by atoms with E-state index in [9.17, 15) is 4.79 Å². The second-order valence-electron chi connectivity index (χ2n) is 5.53. The average Bonchev–Trinajstić information content (AvgIpc) is 2.70. The number of hydrogen-bond donors (Lipinski definition) is 2. The van der Waals surface area contributed by atoms with Gasteiger partial charge in [0.05, 0.1) is 13.7 Å². The van der Waals surface area contributed by atoms with Crippen LogP contribution in [0.4, 0.5) is 17.3 Å². The van der Waals surface area contributed by atoms with Crippen molar-refractivity contribution < 1.29 is 14.3 Å². The fraction of sp³-hybridized carbons (Fsp3) is 0.150. The van der Waals surface area contributed by atoms with E-state index in [0.29, 0.717) is 24.0 Å². The van der Waals surface area contributed by atoms with Gasteiger partial charge in [0, 0.05) is 23.6 Å². The monoisotopic (exact) mass is 364 g/mol. The molecule has 0 atom stereocenters. The third kappa shape index (κ3) is 4.94. The van der Waals surface area contributed by atoms with E-state index >= 15 is 0 Å². The smallest absolute Gasteiger partial charge is 0.274 e. The fourth-order valence-corrected chi connectivity index (χ4v) is 2.37. The number of benzene rings is 2. The van der Waals surface area contributed by atoms with Crippen LogP contribution < -0.4 is 20.1 Å². The summed E-state index contributed by atoms with van der Waals surface area (Å²) in [7, 11) is 1.60. The molecule has 0 saturated heterocycles. The summed E-state index contributed by atoms with van der Waals surface area (Å²) in [5, 5.41) is 5.86. The standard InChI is InChI=1S/C20H20N4O3/c1-3-27-16-9-7-14(8-10-16)22-19(25)18-11-12-21-20(24-18)23-15-5-4-6-17(13-15)26-2/h4-13H,3H2,1-2H3,(H,22,25)(H,21,23,24). The number of amides is 1. The Hall–Kier alpha value is -3.61. The lowest BCUT2D eigenvalue weighted by Crippen LogP contribution is -2.14. The molecule has 0 saturated carbocycles. The van der Waals surface area contributed by atoms with Crippen molar-refractivity contribution in [1.82, 2.24) is 9.97 Å². The molecule has 0 aliphatic carbocycles. The highest BCUT2D eigenvalue weighted by molar-refractivity contribution is 6.03. The number of hydrogen-bond acceptors (Lipinski definition) is 6. The normalized spacial score (nSPS) is 10.1. The van der Waals surface area contributed by atoms with E-state index in [2.05, 4.69) is 20.6 Å². The van der Waals surface area contributed by atoms with Gasteiger partial charge < -0.3 is 20.1 Å². The van der Waals surface area contributed by atoms with Crippen molar-refractivity contribution in [2.24, 2.45) is 0 Å². The van der Waals surface area contributed by atoms with Crippen molar-refractivity contribution in [3.63, 3.8) is 0 Å². The number of methoxy groups -OCH3 is 1. The summed E-state index contributed by atoms with van der Waals surface area (Å²) < 4.78 is 10.6. The van der Waals surface area contributed by atoms with Gasteiger partial charge in [-0.3, -0.25) is 4.79 Å². The number of carbonyl (C=O) groups is 1. The lowest BCUT2D eigenvalue weighted by Gasteiger charge is -2.09. The van der Waals surface area contributed by atoms with Gasteiger partial charge in [-0.2, -0.15) is 0 Å². The predicted molar refractivity (Wildman–Crippen MR) is 104 cm³/mol. The first-order valence-corrected chi connectivity index (χ1v) is 8.46. The van der Waals surface area contributed by atoms with E-state index in [1.807, 2.05) is 31.2 Å². The van der Waals surface area contributed by atoms with Crippen molar-refractivity contribution >= 4 is 23.2 Å². The Kier molecular flexibility index (Phi) is 5.84. The van der Waals surface area contributed by atoms with Gasteiger partial charge >= 0.3 is 0 Å². The Balaban J connectivity index is 1.69. The van der Waals surface area contributed by atoms with Crippen LogP contribution in [0.2, 0.25) is 0 Å². The van der Waals surface area contributed by atoms with Crippen LogP contribution in [-0.4, -0.2) is 29.6 Å². The molecule has 7 heteroatoms. The first-order valence-electron chi connectivity index (χ1n) is 8.46. The Morgan fingerprint density at radius 1 is 1.04 bits per heavy atom. The molecular weight excluding hydrogens is 344 g/mol. The molecule has 0 spiro atoms. The van der Waals surface area contributed by atoms with Crippen LogP contribution in [0.1, 0.15) is 17.4 Å². The average molecular weight is 364 g/mol. The Morgan fingerprint density at radius 3 is 2.59 bits per heavy atom. The summed E-state index contributed by atoms with van der Waals surface area (Å²) in [5.74, 6) is 1.46. The minimum absolute atomic E-state index is 0.254. The largest absolute Gasteiger partial charge is 0.497 e. The highest BCUT2D eigenvalue weighted by Gasteiger charge is 2.10. The third-order valence-electron chi connectivity index (χ3n) is 3.64. The van der Waals surface area contributed by atoms with Gasteiger partial charge in [-0.25, -0.2) is 9.97 Å². The van der Waals surface area contributed by atoms with Gasteiger partial charge in [-0.15, -0.1) is 0 Å². The summed E-state index contributed by atoms with van der Waals surface area (Å²) in [5.41, 5.74) is 1.67. The Morgan fingerprint density at radius 2 is 1.85 bits per heavy atom. The van der Waals surface area contributed by atoms with E-state index < -0.39 is 0 Å². The second kappa shape index (κ2) is 8.66. The molecule has 2 N–H and O–H groups in total. The van der Waals surface area contributed by atoms with Gasteiger partial charge in [0.2, 0.25) is 5.95 Å². The number of rotatable bonds is 7. The molecule has 0 unspecified atom stereocenters. The van der Waals surface area contributed by atoms with Gasteiger partial charge in [0.1, 0.15) is 17.2 Å². The first-order chi connectivity index (χ1) is 13.2. The van der Waals surface area contributed by atoms with Crippen molar-refractivity contribution in [3.05, 3.63) is 66.5 Å². The lowest BCUT2D eigenvalue weighted by molar-refractivity contribution is 0.102. The third-order valence-corrected chi connectivity index (χ3v) is 3.64. The highest BCUT2D eigenvalue weighted by Crippen LogP contribution is 2.20. The predicted octanol–water partition coefficient (Wildman–Crippen LogP) is 3.88. The Bertz CT molecular complexity index is 913. The molecule has 2 aromatic carbocycles. The number of ether oxygens (including phenoxy) is 2. The minimum atomic E-state index is -0.324. The van der Waals surface area contributed by atoms with Gasteiger partial charge in [0.25, 0.3) is 5.91 Å². The fourth-order valence-electron chi connectivity index (χ4n) is 2.37. The summed E-state index contributed by atoms with van der Waals surface area (Å²) in [4.78, 5) is 20.9. The zero-order valence-corrected chi connectivity index (χ0v) is 15.1. The van der Waals surface area contributed by atoms with Crippen LogP contribution in [0.25, 0.3) is 0 Å². The highest BCUT2D eigenvalue weighted by atomic mass is 16.5. The van der Waals surface area contributed by atoms with Crippen LogP contribution in [0.5, 0.6) is 11.5 Å². The quantitative estimate of drug-likeness (QED) is 0.662. The zero-order chi connectivity index (χ0) is 19.1. The van der Waals surface area contributed by atoms with Crippen LogP contribution >= 0.6 is 0 Å². The second-order valence-corrected chi connectivity index (χ2v) is 5.53. The lowest BCUT2D eigenvalue weighted by atomic mass is 10.3. The molecule has 7 nitrogen and oxygen atoms in total. The molecule has 3 aromatic rings. The molecule has 138 valence electrons. The SMILES string of the molecule is CCOc1ccc(NC(=O)c2ccnc(Nc3cccc(OC)c3)n2)cc1. The van der Waals surface area contributed by atoms with Crippen molar-refractivity contribution in [2.45, 2.75) is 6.92 Å². The maximum Gasteiger partial charge on any atom is 0.274 e. The summed E-state index contributed by atoms with van der Waals surface area (Å²) in [6.45, 7) is 2.51. The molecule has 1 amide bonds. The van der Waals surface area contributed by atoms with Crippen LogP contribution in [0, 0.1) is 0 Å². The maximum atomic E-state index is 12.4. The van der Waals surface area contributed by atoms with Gasteiger partial charge in [-0.05, 0) is 49.4 Å². The molecule has 0 bridgehead atoms. The van der Waals surface area contributed by atoms with E-state index in [1.54, 1.807) is 37.4 Å². The molecule has 0 fully saturated rings. The topological polar surface area (TPSA) is 85.4 Å². The van der Waals surface area contributed by atoms with Gasteiger partial charge in [-0.1, -0.05) is 6.07 Å². The van der Waals surface area contributed by atoms with Crippen LogP contribution in [0.15, 0.2) is 60.8 Å². The summed E-state index contributed by atoms with van der Waals surface area (Å²) in [6.07, 6.45) is 1.53. The number of aromatic nitrogens is 2. The minimum Gasteiger partial charge on any atom is -0.497 e. The molecule has 0 aliphatic heterocycles. The van der Waals surface area contributed by atoms with Crippen LogP contribution in [0.3, 0.4) is 0 Å². The molecule has 0 aliphatic rings. The van der Waals surface area contributed by atoms with Crippen molar-refractivity contribution in [3.8, 4) is 11.5 Å². The molecule has 1 heterocycles. The van der Waals surface area contributed by atoms with Crippen LogP contribution in [-0.2, 0) is 0 Å². The van der Waals surface area contributed by atoms with Crippen molar-refractivity contribution in [1.29, 1.82) is 0 Å². The molecule has 3 rings (SSSR count). The van der Waals surface area contributed by atoms with E-state index in [-0.39, 0.29) is 11.6 Å². The maximum absolute atomic E-state index is 12.4. The molecule has 1 aromatic heterocycles. The van der Waals surface area contributed by atoms with E-state index in [4.69, 9.17) is 9.47 Å². The molecular formula is C20H20N4O3. The van der Waals surface area contributed by atoms with E-state index in [1.165, 1.54) is 6.20 Å². The number of anilines is 3. The van der Waals surface area contributed by atoms with E-state index in [0.717, 1.165) is 11.4 Å². The first kappa shape index (κ1) is 18.2. The molecule has 27 heavy (non-hydrogen) atoms. The summed E-state index contributed by atoms with van der Waals surface area (Å²) >= 11 is 0. The zero-order valence-electron chi connectivity index (χ0n) is 15.1. The number of nitrogens with zero attached hydrogens (tertiary/aromatic N) is 2.